The predicted octanol–water partition coefficient (Wildman–Crippen LogP) is 0.299. The number of nitrogens with one attached hydrogen (secondary N) is 1. The second kappa shape index (κ2) is 6.85. The predicted molar refractivity (Wildman–Crippen MR) is 63.4 cm³/mol. The zero-order valence-corrected chi connectivity index (χ0v) is 10.1. The molecule has 0 radical (unpaired) electrons. The minimum absolute atomic E-state index is 0.285. The summed E-state index contributed by atoms with van der Waals surface area (Å²) in [5.41, 5.74) is 0. The Balaban J connectivity index is 2.37. The summed E-state index contributed by atoms with van der Waals surface area (Å²) in [6.45, 7) is 1.29. The quantitative estimate of drug-likeness (QED) is 0.759. The number of rotatable bonds is 6. The maximum absolute atomic E-state index is 10.8. The van der Waals surface area contributed by atoms with Crippen LogP contribution in [0, 0.1) is 0 Å². The minimum Gasteiger partial charge on any atom is -0.480 e. The molecule has 0 aliphatic heterocycles. The lowest BCUT2D eigenvalue weighted by atomic mass is 10.3. The van der Waals surface area contributed by atoms with Crippen molar-refractivity contribution < 1.29 is 14.7 Å². The van der Waals surface area contributed by atoms with E-state index < -0.39 is 12.0 Å². The van der Waals surface area contributed by atoms with Crippen LogP contribution in [0.25, 0.3) is 0 Å². The zero-order valence-electron chi connectivity index (χ0n) is 9.29. The van der Waals surface area contributed by atoms with Crippen LogP contribution >= 0.6 is 11.8 Å². The average molecular weight is 255 g/mol. The average Bonchev–Trinajstić information content (AvgIpc) is 2.28. The lowest BCUT2D eigenvalue weighted by Gasteiger charge is -2.12. The molecule has 1 heterocycles. The van der Waals surface area contributed by atoms with Crippen LogP contribution in [-0.2, 0) is 15.3 Å². The highest BCUT2D eigenvalue weighted by molar-refractivity contribution is 7.98. The number of aliphatic carboxylic acids is 1. The summed E-state index contributed by atoms with van der Waals surface area (Å²) in [7, 11) is 0. The van der Waals surface area contributed by atoms with Gasteiger partial charge in [0.25, 0.3) is 0 Å². The van der Waals surface area contributed by atoms with Crippen LogP contribution in [0.3, 0.4) is 0 Å². The fourth-order valence-electron chi connectivity index (χ4n) is 1.09. The van der Waals surface area contributed by atoms with Crippen LogP contribution in [0.1, 0.15) is 12.7 Å². The number of carboxylic acids is 1. The first-order valence-electron chi connectivity index (χ1n) is 4.93. The lowest BCUT2D eigenvalue weighted by Crippen LogP contribution is -2.41. The highest BCUT2D eigenvalue weighted by Crippen LogP contribution is 2.09. The molecule has 7 heteroatoms. The maximum Gasteiger partial charge on any atom is 0.327 e. The van der Waals surface area contributed by atoms with Crippen molar-refractivity contribution in [3.63, 3.8) is 0 Å². The van der Waals surface area contributed by atoms with E-state index in [9.17, 15) is 9.59 Å². The van der Waals surface area contributed by atoms with Gasteiger partial charge in [-0.1, -0.05) is 0 Å². The second-order valence-corrected chi connectivity index (χ2v) is 4.30. The van der Waals surface area contributed by atoms with Crippen molar-refractivity contribution >= 4 is 23.6 Å². The molecule has 1 amide bonds. The number of carbonyl (C=O) groups excluding carboxylic acids is 1. The van der Waals surface area contributed by atoms with Crippen LogP contribution in [-0.4, -0.2) is 38.7 Å². The number of aromatic nitrogens is 2. The summed E-state index contributed by atoms with van der Waals surface area (Å²) < 4.78 is 0. The highest BCUT2D eigenvalue weighted by atomic mass is 32.2. The van der Waals surface area contributed by atoms with Gasteiger partial charge in [-0.05, 0) is 6.07 Å². The Hall–Kier alpha value is -1.63. The molecular formula is C10H13N3O3S. The molecule has 1 rings (SSSR count). The molecular weight excluding hydrogens is 242 g/mol. The topological polar surface area (TPSA) is 92.2 Å². The molecule has 0 aliphatic carbocycles. The first kappa shape index (κ1) is 13.4. The van der Waals surface area contributed by atoms with Crippen LogP contribution in [0.4, 0.5) is 0 Å². The Morgan fingerprint density at radius 1 is 1.47 bits per heavy atom. The normalized spacial score (nSPS) is 11.8. The molecule has 0 aliphatic rings. The van der Waals surface area contributed by atoms with Crippen LogP contribution in [0.2, 0.25) is 0 Å². The molecule has 0 spiro atoms. The monoisotopic (exact) mass is 255 g/mol. The maximum atomic E-state index is 10.8. The molecule has 6 nitrogen and oxygen atoms in total. The van der Waals surface area contributed by atoms with Crippen molar-refractivity contribution in [1.29, 1.82) is 0 Å². The third kappa shape index (κ3) is 5.30. The van der Waals surface area contributed by atoms with Crippen molar-refractivity contribution in [2.75, 3.05) is 5.75 Å². The molecule has 0 aromatic carbocycles. The van der Waals surface area contributed by atoms with Gasteiger partial charge in [0.05, 0.1) is 5.75 Å². The Labute approximate surface area is 103 Å². The van der Waals surface area contributed by atoms with Gasteiger partial charge in [-0.3, -0.25) is 4.79 Å². The Morgan fingerprint density at radius 2 is 2.12 bits per heavy atom. The van der Waals surface area contributed by atoms with E-state index in [1.165, 1.54) is 18.7 Å². The van der Waals surface area contributed by atoms with E-state index in [0.717, 1.165) is 0 Å². The van der Waals surface area contributed by atoms with Gasteiger partial charge in [0.1, 0.15) is 11.9 Å². The first-order chi connectivity index (χ1) is 8.09. The van der Waals surface area contributed by atoms with Crippen LogP contribution in [0.5, 0.6) is 0 Å². The molecule has 92 valence electrons. The molecule has 0 fully saturated rings. The third-order valence-corrected chi connectivity index (χ3v) is 2.84. The van der Waals surface area contributed by atoms with Crippen LogP contribution < -0.4 is 5.32 Å². The molecule has 17 heavy (non-hydrogen) atoms. The van der Waals surface area contributed by atoms with E-state index in [4.69, 9.17) is 5.11 Å². The Morgan fingerprint density at radius 3 is 2.65 bits per heavy atom. The number of hydrogen-bond acceptors (Lipinski definition) is 5. The molecule has 1 aromatic rings. The lowest BCUT2D eigenvalue weighted by molar-refractivity contribution is -0.140. The first-order valence-corrected chi connectivity index (χ1v) is 6.08. The van der Waals surface area contributed by atoms with Crippen molar-refractivity contribution in [2.45, 2.75) is 18.7 Å². The highest BCUT2D eigenvalue weighted by Gasteiger charge is 2.18. The van der Waals surface area contributed by atoms with Crippen molar-refractivity contribution in [1.82, 2.24) is 15.3 Å². The van der Waals surface area contributed by atoms with Gasteiger partial charge in [0, 0.05) is 25.1 Å². The van der Waals surface area contributed by atoms with Gasteiger partial charge in [0.15, 0.2) is 0 Å². The number of nitrogens with zero attached hydrogens (tertiary/aromatic N) is 2. The van der Waals surface area contributed by atoms with E-state index in [2.05, 4.69) is 15.3 Å². The molecule has 1 aromatic heterocycles. The van der Waals surface area contributed by atoms with E-state index in [0.29, 0.717) is 11.6 Å². The fourth-order valence-corrected chi connectivity index (χ4v) is 2.00. The standard InChI is InChI=1S/C10H13N3O3S/c1-7(14)13-8(10(15)16)5-17-6-9-11-3-2-4-12-9/h2-4,8H,5-6H2,1H3,(H,13,14)(H,15,16)/t8-/m0/s1. The summed E-state index contributed by atoms with van der Waals surface area (Å²) in [5.74, 6) is 0.0530. The number of carboxylic acid groups (broad SMARTS) is 1. The molecule has 0 unspecified atom stereocenters. The number of carbonyl (C=O) groups is 2. The zero-order chi connectivity index (χ0) is 12.7. The Bertz CT molecular complexity index is 386. The molecule has 2 N–H and O–H groups in total. The summed E-state index contributed by atoms with van der Waals surface area (Å²) >= 11 is 1.36. The number of amides is 1. The van der Waals surface area contributed by atoms with Gasteiger partial charge < -0.3 is 10.4 Å². The van der Waals surface area contributed by atoms with E-state index >= 15 is 0 Å². The SMILES string of the molecule is CC(=O)N[C@@H](CSCc1ncccn1)C(=O)O. The molecule has 0 bridgehead atoms. The van der Waals surface area contributed by atoms with Crippen molar-refractivity contribution in [3.8, 4) is 0 Å². The molecule has 0 saturated carbocycles. The minimum atomic E-state index is -1.04. The van der Waals surface area contributed by atoms with E-state index in [1.54, 1.807) is 18.5 Å². The summed E-state index contributed by atoms with van der Waals surface area (Å²) in [5, 5.41) is 11.2. The van der Waals surface area contributed by atoms with Gasteiger partial charge in [0.2, 0.25) is 5.91 Å². The number of thioether (sulfide) groups is 1. The van der Waals surface area contributed by atoms with Gasteiger partial charge in [-0.2, -0.15) is 11.8 Å². The fraction of sp³-hybridized carbons (Fsp3) is 0.400. The largest absolute Gasteiger partial charge is 0.480 e. The molecule has 0 saturated heterocycles. The van der Waals surface area contributed by atoms with Gasteiger partial charge in [-0.25, -0.2) is 14.8 Å². The van der Waals surface area contributed by atoms with Crippen molar-refractivity contribution in [2.24, 2.45) is 0 Å². The van der Waals surface area contributed by atoms with E-state index in [1.807, 2.05) is 0 Å². The summed E-state index contributed by atoms with van der Waals surface area (Å²) in [6, 6.07) is 0.840. The number of hydrogen-bond donors (Lipinski definition) is 2. The summed E-state index contributed by atoms with van der Waals surface area (Å²) in [6.07, 6.45) is 3.26. The van der Waals surface area contributed by atoms with Gasteiger partial charge in [-0.15, -0.1) is 0 Å². The smallest absolute Gasteiger partial charge is 0.327 e. The molecule has 1 atom stereocenters. The Kier molecular flexibility index (Phi) is 5.41. The second-order valence-electron chi connectivity index (χ2n) is 3.27. The van der Waals surface area contributed by atoms with E-state index in [-0.39, 0.29) is 11.7 Å². The van der Waals surface area contributed by atoms with Crippen LogP contribution in [0.15, 0.2) is 18.5 Å². The van der Waals surface area contributed by atoms with Crippen molar-refractivity contribution in [3.05, 3.63) is 24.3 Å². The van der Waals surface area contributed by atoms with Gasteiger partial charge >= 0.3 is 5.97 Å². The summed E-state index contributed by atoms with van der Waals surface area (Å²) in [4.78, 5) is 29.6. The third-order valence-electron chi connectivity index (χ3n) is 1.81.